The summed E-state index contributed by atoms with van der Waals surface area (Å²) in [6.07, 6.45) is 2.27. The van der Waals surface area contributed by atoms with E-state index < -0.39 is 0 Å². The third kappa shape index (κ3) is 5.30. The van der Waals surface area contributed by atoms with Gasteiger partial charge >= 0.3 is 0 Å². The van der Waals surface area contributed by atoms with Crippen molar-refractivity contribution in [1.29, 1.82) is 0 Å². The van der Waals surface area contributed by atoms with Gasteiger partial charge in [-0.05, 0) is 31.4 Å². The van der Waals surface area contributed by atoms with Crippen LogP contribution in [0.5, 0.6) is 0 Å². The number of hydrogen-bond acceptors (Lipinski definition) is 2. The fourth-order valence-electron chi connectivity index (χ4n) is 3.45. The molecule has 2 N–H and O–H groups in total. The zero-order valence-electron chi connectivity index (χ0n) is 16.0. The molecule has 1 aliphatic heterocycles. The lowest BCUT2D eigenvalue weighted by atomic mass is 9.89. The van der Waals surface area contributed by atoms with Gasteiger partial charge in [0.05, 0.1) is 6.10 Å². The molecule has 5 heteroatoms. The van der Waals surface area contributed by atoms with Crippen molar-refractivity contribution < 1.29 is 9.13 Å². The molecular formula is C22H28FN3O. The number of aliphatic imine (C=N–C) groups is 1. The highest BCUT2D eigenvalue weighted by Gasteiger charge is 2.27. The zero-order valence-corrected chi connectivity index (χ0v) is 16.0. The number of rotatable bonds is 5. The Bertz CT molecular complexity index is 760. The van der Waals surface area contributed by atoms with Crippen LogP contribution in [-0.2, 0) is 11.3 Å². The second-order valence-electron chi connectivity index (χ2n) is 7.00. The molecule has 0 aromatic heterocycles. The predicted molar refractivity (Wildman–Crippen MR) is 107 cm³/mol. The Kier molecular flexibility index (Phi) is 6.82. The molecule has 2 atom stereocenters. The first-order valence-electron chi connectivity index (χ1n) is 9.53. The van der Waals surface area contributed by atoms with Gasteiger partial charge in [0.1, 0.15) is 5.82 Å². The highest BCUT2D eigenvalue weighted by molar-refractivity contribution is 5.79. The Labute approximate surface area is 160 Å². The number of nitrogens with one attached hydrogen (secondary N) is 2. The van der Waals surface area contributed by atoms with Crippen LogP contribution in [0.25, 0.3) is 0 Å². The smallest absolute Gasteiger partial charge is 0.191 e. The van der Waals surface area contributed by atoms with Gasteiger partial charge in [0.2, 0.25) is 0 Å². The van der Waals surface area contributed by atoms with Gasteiger partial charge in [-0.25, -0.2) is 4.39 Å². The molecule has 27 heavy (non-hydrogen) atoms. The van der Waals surface area contributed by atoms with E-state index >= 15 is 0 Å². The second kappa shape index (κ2) is 9.51. The lowest BCUT2D eigenvalue weighted by molar-refractivity contribution is -0.0265. The molecule has 144 valence electrons. The number of halogens is 1. The van der Waals surface area contributed by atoms with E-state index in [0.717, 1.165) is 26.0 Å². The molecule has 1 saturated heterocycles. The maximum absolute atomic E-state index is 13.8. The van der Waals surface area contributed by atoms with Crippen molar-refractivity contribution in [3.63, 3.8) is 0 Å². The molecule has 0 radical (unpaired) electrons. The summed E-state index contributed by atoms with van der Waals surface area (Å²) in [5.74, 6) is 0.834. The van der Waals surface area contributed by atoms with E-state index in [4.69, 9.17) is 4.74 Å². The monoisotopic (exact) mass is 369 g/mol. The van der Waals surface area contributed by atoms with Gasteiger partial charge in [-0.1, -0.05) is 48.0 Å². The van der Waals surface area contributed by atoms with E-state index in [1.165, 1.54) is 17.2 Å². The number of hydrogen-bond donors (Lipinski definition) is 2. The molecule has 0 bridgehead atoms. The van der Waals surface area contributed by atoms with Crippen molar-refractivity contribution in [3.05, 3.63) is 71.0 Å². The van der Waals surface area contributed by atoms with Crippen molar-refractivity contribution in [3.8, 4) is 0 Å². The summed E-state index contributed by atoms with van der Waals surface area (Å²) in [6.45, 7) is 4.05. The molecule has 3 rings (SSSR count). The van der Waals surface area contributed by atoms with Crippen LogP contribution in [0, 0.1) is 18.7 Å². The second-order valence-corrected chi connectivity index (χ2v) is 7.00. The van der Waals surface area contributed by atoms with Crippen molar-refractivity contribution in [1.82, 2.24) is 10.6 Å². The van der Waals surface area contributed by atoms with Gasteiger partial charge < -0.3 is 15.4 Å². The van der Waals surface area contributed by atoms with E-state index in [9.17, 15) is 4.39 Å². The Hall–Kier alpha value is -2.40. The Morgan fingerprint density at radius 1 is 1.15 bits per heavy atom. The average Bonchev–Trinajstić information content (AvgIpc) is 2.70. The zero-order chi connectivity index (χ0) is 19.1. The lowest BCUT2D eigenvalue weighted by Gasteiger charge is -2.32. The van der Waals surface area contributed by atoms with Crippen LogP contribution in [0.15, 0.2) is 53.5 Å². The van der Waals surface area contributed by atoms with E-state index in [1.54, 1.807) is 19.2 Å². The highest BCUT2D eigenvalue weighted by atomic mass is 19.1. The molecule has 0 saturated carbocycles. The van der Waals surface area contributed by atoms with E-state index in [1.807, 2.05) is 6.07 Å². The molecule has 0 spiro atoms. The van der Waals surface area contributed by atoms with Crippen molar-refractivity contribution in [2.75, 3.05) is 20.2 Å². The fraction of sp³-hybridized carbons (Fsp3) is 0.409. The number of benzene rings is 2. The van der Waals surface area contributed by atoms with Gasteiger partial charge in [0, 0.05) is 38.2 Å². The number of guanidine groups is 1. The first kappa shape index (κ1) is 19.4. The van der Waals surface area contributed by atoms with Crippen LogP contribution >= 0.6 is 0 Å². The van der Waals surface area contributed by atoms with Gasteiger partial charge in [-0.3, -0.25) is 4.99 Å². The molecule has 1 aliphatic rings. The maximum atomic E-state index is 13.8. The summed E-state index contributed by atoms with van der Waals surface area (Å²) in [7, 11) is 1.73. The quantitative estimate of drug-likeness (QED) is 0.619. The van der Waals surface area contributed by atoms with Crippen LogP contribution in [0.2, 0.25) is 0 Å². The lowest BCUT2D eigenvalue weighted by Crippen LogP contribution is -2.41. The Morgan fingerprint density at radius 2 is 1.93 bits per heavy atom. The van der Waals surface area contributed by atoms with E-state index in [2.05, 4.69) is 46.8 Å². The third-order valence-electron chi connectivity index (χ3n) is 5.01. The summed E-state index contributed by atoms with van der Waals surface area (Å²) in [6, 6.07) is 15.4. The predicted octanol–water partition coefficient (Wildman–Crippen LogP) is 3.97. The molecule has 2 aromatic carbocycles. The van der Waals surface area contributed by atoms with Crippen LogP contribution in [-0.4, -0.2) is 26.2 Å². The summed E-state index contributed by atoms with van der Waals surface area (Å²) < 4.78 is 19.8. The first-order valence-corrected chi connectivity index (χ1v) is 9.53. The molecule has 2 unspecified atom stereocenters. The third-order valence-corrected chi connectivity index (χ3v) is 5.01. The number of aryl methyl sites for hydroxylation is 1. The minimum absolute atomic E-state index is 0.0940. The van der Waals surface area contributed by atoms with Crippen molar-refractivity contribution >= 4 is 5.96 Å². The molecular weight excluding hydrogens is 341 g/mol. The molecule has 1 heterocycles. The average molecular weight is 369 g/mol. The Balaban J connectivity index is 1.57. The largest absolute Gasteiger partial charge is 0.373 e. The molecule has 1 fully saturated rings. The molecule has 0 aliphatic carbocycles. The van der Waals surface area contributed by atoms with E-state index in [-0.39, 0.29) is 11.9 Å². The molecule has 2 aromatic rings. The van der Waals surface area contributed by atoms with Crippen LogP contribution in [0.1, 0.15) is 35.6 Å². The fourth-order valence-corrected chi connectivity index (χ4v) is 3.45. The van der Waals surface area contributed by atoms with Crippen LogP contribution in [0.3, 0.4) is 0 Å². The SMILES string of the molecule is CN=C(NCc1ccccc1F)NCC1CCCOC1c1ccc(C)cc1. The topological polar surface area (TPSA) is 45.7 Å². The first-order chi connectivity index (χ1) is 13.2. The summed E-state index contributed by atoms with van der Waals surface area (Å²) in [5, 5.41) is 6.56. The Morgan fingerprint density at radius 3 is 2.67 bits per heavy atom. The summed E-state index contributed by atoms with van der Waals surface area (Å²) in [5.41, 5.74) is 3.10. The van der Waals surface area contributed by atoms with Crippen molar-refractivity contribution in [2.24, 2.45) is 10.9 Å². The minimum atomic E-state index is -0.208. The number of nitrogens with zero attached hydrogens (tertiary/aromatic N) is 1. The number of ether oxygens (including phenoxy) is 1. The summed E-state index contributed by atoms with van der Waals surface area (Å²) in [4.78, 5) is 4.26. The summed E-state index contributed by atoms with van der Waals surface area (Å²) >= 11 is 0. The van der Waals surface area contributed by atoms with Crippen LogP contribution in [0.4, 0.5) is 4.39 Å². The standard InChI is InChI=1S/C22H28FN3O/c1-16-9-11-17(12-10-16)21-19(7-5-13-27-21)15-26-22(24-2)25-14-18-6-3-4-8-20(18)23/h3-4,6,8-12,19,21H,5,7,13-15H2,1-2H3,(H2,24,25,26). The van der Waals surface area contributed by atoms with E-state index in [0.29, 0.717) is 24.0 Å². The van der Waals surface area contributed by atoms with Crippen molar-refractivity contribution in [2.45, 2.75) is 32.4 Å². The highest BCUT2D eigenvalue weighted by Crippen LogP contribution is 2.33. The molecule has 0 amide bonds. The van der Waals surface area contributed by atoms with Gasteiger partial charge in [-0.2, -0.15) is 0 Å². The van der Waals surface area contributed by atoms with Gasteiger partial charge in [-0.15, -0.1) is 0 Å². The van der Waals surface area contributed by atoms with Crippen LogP contribution < -0.4 is 10.6 Å². The minimum Gasteiger partial charge on any atom is -0.373 e. The van der Waals surface area contributed by atoms with Gasteiger partial charge in [0.15, 0.2) is 5.96 Å². The normalized spacial score (nSPS) is 20.3. The molecule has 4 nitrogen and oxygen atoms in total. The maximum Gasteiger partial charge on any atom is 0.191 e. The van der Waals surface area contributed by atoms with Gasteiger partial charge in [0.25, 0.3) is 0 Å².